The van der Waals surface area contributed by atoms with Crippen molar-refractivity contribution in [3.63, 3.8) is 0 Å². The molecular weight excluding hydrogens is 312 g/mol. The molecule has 0 spiro atoms. The first-order chi connectivity index (χ1) is 11.2. The molecule has 0 saturated heterocycles. The minimum atomic E-state index is 0.0190. The van der Waals surface area contributed by atoms with Gasteiger partial charge in [-0.3, -0.25) is 9.69 Å². The number of hydrogen-bond acceptors (Lipinski definition) is 5. The predicted molar refractivity (Wildman–Crippen MR) is 91.0 cm³/mol. The number of anilines is 1. The van der Waals surface area contributed by atoms with Crippen LogP contribution in [0.3, 0.4) is 0 Å². The SMILES string of the molecule is CCOc1ccc2nc(N(Cc3ccco3)C(=O)CC)sc2c1. The maximum Gasteiger partial charge on any atom is 0.228 e. The van der Waals surface area contributed by atoms with Gasteiger partial charge in [-0.05, 0) is 37.3 Å². The molecule has 0 aliphatic carbocycles. The molecule has 0 aliphatic heterocycles. The van der Waals surface area contributed by atoms with Crippen molar-refractivity contribution in [2.24, 2.45) is 0 Å². The van der Waals surface area contributed by atoms with Crippen molar-refractivity contribution in [3.8, 4) is 5.75 Å². The van der Waals surface area contributed by atoms with Gasteiger partial charge in [-0.1, -0.05) is 18.3 Å². The van der Waals surface area contributed by atoms with E-state index >= 15 is 0 Å². The van der Waals surface area contributed by atoms with E-state index in [4.69, 9.17) is 9.15 Å². The lowest BCUT2D eigenvalue weighted by molar-refractivity contribution is -0.118. The number of rotatable bonds is 6. The summed E-state index contributed by atoms with van der Waals surface area (Å²) in [6.07, 6.45) is 2.03. The maximum atomic E-state index is 12.3. The zero-order valence-electron chi connectivity index (χ0n) is 13.1. The van der Waals surface area contributed by atoms with Gasteiger partial charge in [-0.25, -0.2) is 4.98 Å². The Labute approximate surface area is 138 Å². The fourth-order valence-corrected chi connectivity index (χ4v) is 3.29. The number of benzene rings is 1. The number of ether oxygens (including phenoxy) is 1. The summed E-state index contributed by atoms with van der Waals surface area (Å²) in [5, 5.41) is 0.678. The first-order valence-corrected chi connectivity index (χ1v) is 8.39. The van der Waals surface area contributed by atoms with Gasteiger partial charge in [-0.15, -0.1) is 0 Å². The highest BCUT2D eigenvalue weighted by molar-refractivity contribution is 7.22. The van der Waals surface area contributed by atoms with Crippen molar-refractivity contribution < 1.29 is 13.9 Å². The van der Waals surface area contributed by atoms with E-state index in [0.29, 0.717) is 24.7 Å². The van der Waals surface area contributed by atoms with Crippen LogP contribution in [0.25, 0.3) is 10.2 Å². The number of carbonyl (C=O) groups is 1. The third-order valence-electron chi connectivity index (χ3n) is 3.39. The largest absolute Gasteiger partial charge is 0.494 e. The quantitative estimate of drug-likeness (QED) is 0.678. The molecule has 23 heavy (non-hydrogen) atoms. The van der Waals surface area contributed by atoms with Gasteiger partial charge in [-0.2, -0.15) is 0 Å². The van der Waals surface area contributed by atoms with Crippen molar-refractivity contribution in [2.45, 2.75) is 26.8 Å². The van der Waals surface area contributed by atoms with Crippen molar-refractivity contribution in [3.05, 3.63) is 42.4 Å². The number of furan rings is 1. The third kappa shape index (κ3) is 3.37. The highest BCUT2D eigenvalue weighted by Crippen LogP contribution is 2.32. The standard InChI is InChI=1S/C17H18N2O3S/c1-3-16(20)19(11-13-6-5-9-22-13)17-18-14-8-7-12(21-4-2)10-15(14)23-17/h5-10H,3-4,11H2,1-2H3. The van der Waals surface area contributed by atoms with Crippen LogP contribution in [0, 0.1) is 0 Å². The smallest absolute Gasteiger partial charge is 0.228 e. The van der Waals surface area contributed by atoms with Crippen molar-refractivity contribution >= 4 is 32.6 Å². The van der Waals surface area contributed by atoms with Crippen LogP contribution in [0.5, 0.6) is 5.75 Å². The van der Waals surface area contributed by atoms with Gasteiger partial charge in [0, 0.05) is 6.42 Å². The number of fused-ring (bicyclic) bond motifs is 1. The van der Waals surface area contributed by atoms with Crippen LogP contribution < -0.4 is 9.64 Å². The lowest BCUT2D eigenvalue weighted by Gasteiger charge is -2.17. The van der Waals surface area contributed by atoms with E-state index in [2.05, 4.69) is 4.98 Å². The predicted octanol–water partition coefficient (Wildman–Crippen LogP) is 4.23. The van der Waals surface area contributed by atoms with Crippen LogP contribution in [0.2, 0.25) is 0 Å². The van der Waals surface area contributed by atoms with E-state index in [0.717, 1.165) is 21.7 Å². The Morgan fingerprint density at radius 1 is 1.35 bits per heavy atom. The number of carbonyl (C=O) groups excluding carboxylic acids is 1. The molecule has 2 heterocycles. The van der Waals surface area contributed by atoms with E-state index in [1.54, 1.807) is 11.2 Å². The molecule has 0 N–H and O–H groups in total. The minimum Gasteiger partial charge on any atom is -0.494 e. The third-order valence-corrected chi connectivity index (χ3v) is 4.43. The fraction of sp³-hybridized carbons (Fsp3) is 0.294. The molecule has 5 nitrogen and oxygen atoms in total. The Morgan fingerprint density at radius 3 is 2.91 bits per heavy atom. The minimum absolute atomic E-state index is 0.0190. The summed E-state index contributed by atoms with van der Waals surface area (Å²) in [6, 6.07) is 9.45. The highest BCUT2D eigenvalue weighted by atomic mass is 32.1. The summed E-state index contributed by atoms with van der Waals surface area (Å²) in [5.74, 6) is 1.57. The molecular formula is C17H18N2O3S. The molecule has 0 atom stereocenters. The van der Waals surface area contributed by atoms with Crippen LogP contribution in [-0.4, -0.2) is 17.5 Å². The Balaban J connectivity index is 1.94. The van der Waals surface area contributed by atoms with Crippen LogP contribution in [-0.2, 0) is 11.3 Å². The average Bonchev–Trinajstić information content (AvgIpc) is 3.20. The van der Waals surface area contributed by atoms with Crippen molar-refractivity contribution in [2.75, 3.05) is 11.5 Å². The normalized spacial score (nSPS) is 10.9. The van der Waals surface area contributed by atoms with Crippen molar-refractivity contribution in [1.29, 1.82) is 0 Å². The number of thiazole rings is 1. The molecule has 120 valence electrons. The second-order valence-electron chi connectivity index (χ2n) is 4.97. The molecule has 1 aromatic carbocycles. The summed E-state index contributed by atoms with van der Waals surface area (Å²) >= 11 is 1.48. The topological polar surface area (TPSA) is 55.6 Å². The van der Waals surface area contributed by atoms with Gasteiger partial charge >= 0.3 is 0 Å². The molecule has 0 saturated carbocycles. The number of amides is 1. The van der Waals surface area contributed by atoms with E-state index in [-0.39, 0.29) is 5.91 Å². The lowest BCUT2D eigenvalue weighted by Crippen LogP contribution is -2.29. The second kappa shape index (κ2) is 6.83. The molecule has 0 bridgehead atoms. The van der Waals surface area contributed by atoms with E-state index in [1.165, 1.54) is 11.3 Å². The average molecular weight is 330 g/mol. The van der Waals surface area contributed by atoms with Gasteiger partial charge < -0.3 is 9.15 Å². The van der Waals surface area contributed by atoms with Gasteiger partial charge in [0.05, 0.1) is 29.6 Å². The van der Waals surface area contributed by atoms with Gasteiger partial charge in [0.2, 0.25) is 5.91 Å². The summed E-state index contributed by atoms with van der Waals surface area (Å²) in [5.41, 5.74) is 0.863. The Kier molecular flexibility index (Phi) is 4.62. The summed E-state index contributed by atoms with van der Waals surface area (Å²) < 4.78 is 11.9. The summed E-state index contributed by atoms with van der Waals surface area (Å²) in [6.45, 7) is 4.80. The van der Waals surface area contributed by atoms with Gasteiger partial charge in [0.1, 0.15) is 11.5 Å². The van der Waals surface area contributed by atoms with Crippen LogP contribution >= 0.6 is 11.3 Å². The number of hydrogen-bond donors (Lipinski definition) is 0. The fourth-order valence-electron chi connectivity index (χ4n) is 2.28. The molecule has 0 aliphatic rings. The lowest BCUT2D eigenvalue weighted by atomic mass is 10.3. The first-order valence-electron chi connectivity index (χ1n) is 7.57. The van der Waals surface area contributed by atoms with Crippen LogP contribution in [0.4, 0.5) is 5.13 Å². The van der Waals surface area contributed by atoms with E-state index in [1.807, 2.05) is 44.2 Å². The second-order valence-corrected chi connectivity index (χ2v) is 5.98. The monoisotopic (exact) mass is 330 g/mol. The molecule has 3 aromatic rings. The van der Waals surface area contributed by atoms with Crippen LogP contribution in [0.1, 0.15) is 26.0 Å². The number of nitrogens with zero attached hydrogens (tertiary/aromatic N) is 2. The molecule has 0 fully saturated rings. The summed E-state index contributed by atoms with van der Waals surface area (Å²) in [7, 11) is 0. The van der Waals surface area contributed by atoms with E-state index in [9.17, 15) is 4.79 Å². The Bertz CT molecular complexity index is 795. The molecule has 0 radical (unpaired) electrons. The van der Waals surface area contributed by atoms with Crippen LogP contribution in [0.15, 0.2) is 41.0 Å². The Morgan fingerprint density at radius 2 is 2.22 bits per heavy atom. The highest BCUT2D eigenvalue weighted by Gasteiger charge is 2.20. The molecule has 2 aromatic heterocycles. The van der Waals surface area contributed by atoms with Gasteiger partial charge in [0.15, 0.2) is 5.13 Å². The zero-order valence-corrected chi connectivity index (χ0v) is 13.9. The van der Waals surface area contributed by atoms with Gasteiger partial charge in [0.25, 0.3) is 0 Å². The van der Waals surface area contributed by atoms with E-state index < -0.39 is 0 Å². The van der Waals surface area contributed by atoms with Crippen molar-refractivity contribution in [1.82, 2.24) is 4.98 Å². The molecule has 1 amide bonds. The Hall–Kier alpha value is -2.34. The first kappa shape index (κ1) is 15.6. The summed E-state index contributed by atoms with van der Waals surface area (Å²) in [4.78, 5) is 18.6. The molecule has 0 unspecified atom stereocenters. The molecule has 6 heteroatoms. The molecule has 3 rings (SSSR count). The maximum absolute atomic E-state index is 12.3. The zero-order chi connectivity index (χ0) is 16.2. The number of aromatic nitrogens is 1.